The molecule has 3 rings (SSSR count). The Kier molecular flexibility index (Phi) is 7.63. The van der Waals surface area contributed by atoms with Crippen LogP contribution in [0.2, 0.25) is 0 Å². The maximum absolute atomic E-state index is 13.6. The van der Waals surface area contributed by atoms with Crippen molar-refractivity contribution in [2.75, 3.05) is 6.54 Å². The van der Waals surface area contributed by atoms with E-state index >= 15 is 0 Å². The average molecular weight is 477 g/mol. The minimum atomic E-state index is -3.52. The summed E-state index contributed by atoms with van der Waals surface area (Å²) >= 11 is 0. The molecule has 0 bridgehead atoms. The van der Waals surface area contributed by atoms with Crippen LogP contribution in [0.3, 0.4) is 0 Å². The summed E-state index contributed by atoms with van der Waals surface area (Å²) in [6.45, 7) is -0.447. The molecular weight excluding hydrogens is 456 g/mol. The molecule has 1 unspecified atom stereocenters. The van der Waals surface area contributed by atoms with Crippen LogP contribution in [0.4, 0.5) is 0 Å². The molecule has 0 aliphatic rings. The zero-order valence-corrected chi connectivity index (χ0v) is 18.5. The van der Waals surface area contributed by atoms with E-state index in [0.717, 1.165) is 5.37 Å². The number of aromatic nitrogens is 1. The van der Waals surface area contributed by atoms with Crippen molar-refractivity contribution in [3.63, 3.8) is 0 Å². The molecule has 2 aromatic carbocycles. The SMILES string of the molecule is NC(=O)CNC(=O)C=S(=O)(NC(=O)c1cncc(C#Cc2cccc(O)c2)c1)c1ccccc1. The molecule has 0 saturated heterocycles. The van der Waals surface area contributed by atoms with Gasteiger partial charge < -0.3 is 16.2 Å². The Morgan fingerprint density at radius 2 is 1.74 bits per heavy atom. The highest BCUT2D eigenvalue weighted by Gasteiger charge is 2.18. The highest BCUT2D eigenvalue weighted by atomic mass is 32.2. The number of nitrogens with one attached hydrogen (secondary N) is 2. The number of carbonyl (C=O) groups excluding carboxylic acids is 3. The summed E-state index contributed by atoms with van der Waals surface area (Å²) in [5, 5.41) is 12.6. The Morgan fingerprint density at radius 1 is 1.00 bits per heavy atom. The van der Waals surface area contributed by atoms with Gasteiger partial charge in [0.2, 0.25) is 5.91 Å². The molecule has 5 N–H and O–H groups in total. The van der Waals surface area contributed by atoms with Gasteiger partial charge in [0.05, 0.1) is 32.1 Å². The number of rotatable bonds is 6. The molecule has 0 saturated carbocycles. The van der Waals surface area contributed by atoms with Gasteiger partial charge in [0.15, 0.2) is 0 Å². The van der Waals surface area contributed by atoms with E-state index in [1.807, 2.05) is 0 Å². The number of nitrogens with two attached hydrogens (primary N) is 1. The van der Waals surface area contributed by atoms with Crippen LogP contribution in [-0.2, 0) is 19.3 Å². The minimum absolute atomic E-state index is 0.0670. The molecule has 3 amide bonds. The Labute approximate surface area is 196 Å². The zero-order valence-electron chi connectivity index (χ0n) is 17.7. The van der Waals surface area contributed by atoms with E-state index in [4.69, 9.17) is 5.73 Å². The summed E-state index contributed by atoms with van der Waals surface area (Å²) in [7, 11) is -3.52. The van der Waals surface area contributed by atoms with Gasteiger partial charge in [0, 0.05) is 23.5 Å². The van der Waals surface area contributed by atoms with Crippen LogP contribution in [-0.4, -0.2) is 43.9 Å². The Balaban J connectivity index is 1.89. The van der Waals surface area contributed by atoms with Crippen molar-refractivity contribution in [3.8, 4) is 17.6 Å². The van der Waals surface area contributed by atoms with E-state index in [-0.39, 0.29) is 16.2 Å². The van der Waals surface area contributed by atoms with Gasteiger partial charge in [-0.1, -0.05) is 36.1 Å². The van der Waals surface area contributed by atoms with Crippen molar-refractivity contribution >= 4 is 32.8 Å². The quantitative estimate of drug-likeness (QED) is 0.302. The molecule has 0 fully saturated rings. The fraction of sp³-hybridized carbons (Fsp3) is 0.0417. The fourth-order valence-corrected chi connectivity index (χ4v) is 4.36. The number of phenolic OH excluding ortho intramolecular Hbond substituents is 1. The lowest BCUT2D eigenvalue weighted by atomic mass is 10.1. The van der Waals surface area contributed by atoms with Gasteiger partial charge in [-0.2, -0.15) is 0 Å². The first-order chi connectivity index (χ1) is 16.2. The van der Waals surface area contributed by atoms with Gasteiger partial charge in [0.25, 0.3) is 11.8 Å². The third kappa shape index (κ3) is 6.69. The largest absolute Gasteiger partial charge is 0.508 e. The number of phenols is 1. The minimum Gasteiger partial charge on any atom is -0.508 e. The number of aromatic hydroxyl groups is 1. The van der Waals surface area contributed by atoms with Gasteiger partial charge in [-0.25, -0.2) is 4.21 Å². The van der Waals surface area contributed by atoms with Gasteiger partial charge in [0.1, 0.15) is 5.75 Å². The number of carbonyl (C=O) groups is 3. The smallest absolute Gasteiger partial charge is 0.264 e. The molecule has 9 nitrogen and oxygen atoms in total. The summed E-state index contributed by atoms with van der Waals surface area (Å²) < 4.78 is 16.0. The predicted octanol–water partition coefficient (Wildman–Crippen LogP) is 0.579. The molecular formula is C24H20N4O5S. The van der Waals surface area contributed by atoms with E-state index in [9.17, 15) is 23.7 Å². The lowest BCUT2D eigenvalue weighted by molar-refractivity contribution is -0.121. The number of pyridine rings is 1. The van der Waals surface area contributed by atoms with E-state index in [1.165, 1.54) is 42.7 Å². The molecule has 10 heteroatoms. The van der Waals surface area contributed by atoms with Crippen LogP contribution < -0.4 is 15.8 Å². The monoisotopic (exact) mass is 476 g/mol. The number of benzene rings is 2. The van der Waals surface area contributed by atoms with Crippen LogP contribution in [0.15, 0.2) is 78.0 Å². The molecule has 1 aromatic heterocycles. The molecule has 1 atom stereocenters. The van der Waals surface area contributed by atoms with Crippen molar-refractivity contribution in [2.24, 2.45) is 5.73 Å². The fourth-order valence-electron chi connectivity index (χ4n) is 2.70. The molecule has 0 aliphatic heterocycles. The van der Waals surface area contributed by atoms with E-state index in [2.05, 4.69) is 26.9 Å². The number of amides is 3. The summed E-state index contributed by atoms with van der Waals surface area (Å²) in [4.78, 5) is 40.2. The van der Waals surface area contributed by atoms with E-state index in [1.54, 1.807) is 30.3 Å². The third-order valence-electron chi connectivity index (χ3n) is 4.25. The molecule has 172 valence electrons. The second-order valence-corrected chi connectivity index (χ2v) is 9.02. The normalized spacial score (nSPS) is 11.8. The first-order valence-corrected chi connectivity index (χ1v) is 11.5. The van der Waals surface area contributed by atoms with Crippen LogP contribution in [0, 0.1) is 11.8 Å². The molecule has 1 heterocycles. The summed E-state index contributed by atoms with van der Waals surface area (Å²) in [6.07, 6.45) is 2.72. The second-order valence-electron chi connectivity index (χ2n) is 6.91. The van der Waals surface area contributed by atoms with Crippen LogP contribution in [0.25, 0.3) is 0 Å². The van der Waals surface area contributed by atoms with Crippen molar-refractivity contribution in [2.45, 2.75) is 4.90 Å². The first kappa shape index (κ1) is 24.0. The summed E-state index contributed by atoms with van der Waals surface area (Å²) in [5.74, 6) is 3.42. The molecule has 3 aromatic rings. The van der Waals surface area contributed by atoms with Gasteiger partial charge in [-0.3, -0.25) is 24.1 Å². The van der Waals surface area contributed by atoms with Crippen molar-refractivity contribution in [3.05, 3.63) is 89.7 Å². The molecule has 34 heavy (non-hydrogen) atoms. The van der Waals surface area contributed by atoms with Crippen LogP contribution in [0.1, 0.15) is 21.5 Å². The number of nitrogens with zero attached hydrogens (tertiary/aromatic N) is 1. The highest BCUT2D eigenvalue weighted by molar-refractivity contribution is 8.01. The van der Waals surface area contributed by atoms with E-state index in [0.29, 0.717) is 11.1 Å². The summed E-state index contributed by atoms with van der Waals surface area (Å²) in [6, 6.07) is 15.7. The van der Waals surface area contributed by atoms with Gasteiger partial charge in [-0.05, 0) is 36.4 Å². The van der Waals surface area contributed by atoms with Gasteiger partial charge >= 0.3 is 0 Å². The number of hydrogen-bond acceptors (Lipinski definition) is 6. The second kappa shape index (κ2) is 10.8. The predicted molar refractivity (Wildman–Crippen MR) is 127 cm³/mol. The molecule has 0 aliphatic carbocycles. The third-order valence-corrected chi connectivity index (χ3v) is 6.25. The summed E-state index contributed by atoms with van der Waals surface area (Å²) in [5.41, 5.74) is 6.06. The topological polar surface area (TPSA) is 151 Å². The highest BCUT2D eigenvalue weighted by Crippen LogP contribution is 2.12. The zero-order chi connectivity index (χ0) is 24.6. The van der Waals surface area contributed by atoms with Crippen molar-refractivity contribution in [1.82, 2.24) is 15.0 Å². The number of primary amides is 1. The maximum Gasteiger partial charge on any atom is 0.264 e. The Bertz CT molecular complexity index is 1420. The van der Waals surface area contributed by atoms with E-state index < -0.39 is 34.0 Å². The van der Waals surface area contributed by atoms with Crippen molar-refractivity contribution in [1.29, 1.82) is 0 Å². The van der Waals surface area contributed by atoms with Crippen LogP contribution >= 0.6 is 0 Å². The van der Waals surface area contributed by atoms with Gasteiger partial charge in [-0.15, -0.1) is 0 Å². The first-order valence-electron chi connectivity index (χ1n) is 9.83. The maximum atomic E-state index is 13.6. The lowest BCUT2D eigenvalue weighted by Gasteiger charge is -2.13. The molecule has 0 spiro atoms. The average Bonchev–Trinajstić information content (AvgIpc) is 2.82. The Morgan fingerprint density at radius 3 is 2.44 bits per heavy atom. The number of hydrogen-bond donors (Lipinski definition) is 4. The van der Waals surface area contributed by atoms with Crippen LogP contribution in [0.5, 0.6) is 5.75 Å². The standard InChI is InChI=1S/C24H20N4O5S/c25-22(30)15-27-23(31)16-34(33,21-7-2-1-3-8-21)28-24(32)19-11-18(13-26-14-19)10-9-17-5-4-6-20(29)12-17/h1-8,11-14,16,29H,15H2,(H2,25,30)(H,27,31)(H,28,32,33). The Hall–Kier alpha value is -4.62. The lowest BCUT2D eigenvalue weighted by Crippen LogP contribution is -2.39. The van der Waals surface area contributed by atoms with Crippen molar-refractivity contribution < 1.29 is 23.7 Å². The molecule has 0 radical (unpaired) electrons.